The van der Waals surface area contributed by atoms with E-state index in [2.05, 4.69) is 5.32 Å². The molecule has 1 heterocycles. The quantitative estimate of drug-likeness (QED) is 0.870. The van der Waals surface area contributed by atoms with Crippen LogP contribution in [0.15, 0.2) is 35.2 Å². The number of hydrogen-bond donors (Lipinski definition) is 2. The summed E-state index contributed by atoms with van der Waals surface area (Å²) in [6.07, 6.45) is 0.355. The first-order valence-electron chi connectivity index (χ1n) is 6.48. The average Bonchev–Trinajstić information content (AvgIpc) is 2.46. The molecule has 0 saturated carbocycles. The van der Waals surface area contributed by atoms with Crippen molar-refractivity contribution in [2.24, 2.45) is 0 Å². The zero-order chi connectivity index (χ0) is 14.6. The molecule has 2 rings (SSSR count). The standard InChI is InChI=1S/C13H18N2O4S/c16-13(17)15-8-6-11(7-9-15)14-10-20(18,19)12-4-2-1-3-5-12/h1-5,11,14H,6-10H2,(H,16,17). The summed E-state index contributed by atoms with van der Waals surface area (Å²) in [4.78, 5) is 12.4. The molecular formula is C13H18N2O4S. The van der Waals surface area contributed by atoms with E-state index in [1.807, 2.05) is 0 Å². The number of hydrogen-bond acceptors (Lipinski definition) is 4. The molecule has 1 aliphatic rings. The molecule has 1 aliphatic heterocycles. The van der Waals surface area contributed by atoms with Crippen molar-refractivity contribution in [3.05, 3.63) is 30.3 Å². The van der Waals surface area contributed by atoms with Gasteiger partial charge in [0.15, 0.2) is 9.84 Å². The molecule has 1 aromatic rings. The fraction of sp³-hybridized carbons (Fsp3) is 0.462. The minimum Gasteiger partial charge on any atom is -0.465 e. The van der Waals surface area contributed by atoms with E-state index < -0.39 is 15.9 Å². The molecule has 0 spiro atoms. The summed E-state index contributed by atoms with van der Waals surface area (Å²) in [5.74, 6) is -0.116. The van der Waals surface area contributed by atoms with Gasteiger partial charge < -0.3 is 15.3 Å². The first-order valence-corrected chi connectivity index (χ1v) is 8.13. The van der Waals surface area contributed by atoms with Crippen LogP contribution < -0.4 is 5.32 Å². The van der Waals surface area contributed by atoms with Gasteiger partial charge in [-0.05, 0) is 25.0 Å². The summed E-state index contributed by atoms with van der Waals surface area (Å²) in [7, 11) is -3.33. The smallest absolute Gasteiger partial charge is 0.407 e. The van der Waals surface area contributed by atoms with E-state index in [9.17, 15) is 13.2 Å². The molecule has 1 fully saturated rings. The van der Waals surface area contributed by atoms with Crippen LogP contribution in [0.25, 0.3) is 0 Å². The predicted molar refractivity (Wildman–Crippen MR) is 74.3 cm³/mol. The molecule has 0 atom stereocenters. The number of nitrogens with zero attached hydrogens (tertiary/aromatic N) is 1. The molecule has 110 valence electrons. The number of sulfone groups is 1. The highest BCUT2D eigenvalue weighted by Crippen LogP contribution is 2.13. The van der Waals surface area contributed by atoms with Gasteiger partial charge in [0.2, 0.25) is 0 Å². The van der Waals surface area contributed by atoms with E-state index in [-0.39, 0.29) is 11.9 Å². The number of likely N-dealkylation sites (tertiary alicyclic amines) is 1. The summed E-state index contributed by atoms with van der Waals surface area (Å²) < 4.78 is 24.2. The van der Waals surface area contributed by atoms with Crippen LogP contribution in [0.5, 0.6) is 0 Å². The van der Waals surface area contributed by atoms with Gasteiger partial charge in [0, 0.05) is 19.1 Å². The lowest BCUT2D eigenvalue weighted by atomic mass is 10.1. The minimum atomic E-state index is -3.33. The second-order valence-electron chi connectivity index (χ2n) is 4.82. The van der Waals surface area contributed by atoms with E-state index >= 15 is 0 Å². The van der Waals surface area contributed by atoms with E-state index in [4.69, 9.17) is 5.11 Å². The minimum absolute atomic E-state index is 0.0455. The van der Waals surface area contributed by atoms with Crippen LogP contribution in [0, 0.1) is 0 Å². The van der Waals surface area contributed by atoms with Crippen LogP contribution in [-0.4, -0.2) is 49.5 Å². The monoisotopic (exact) mass is 298 g/mol. The van der Waals surface area contributed by atoms with Crippen LogP contribution in [0.2, 0.25) is 0 Å². The van der Waals surface area contributed by atoms with E-state index in [0.29, 0.717) is 30.8 Å². The summed E-state index contributed by atoms with van der Waals surface area (Å²) in [5.41, 5.74) is 0. The number of nitrogens with one attached hydrogen (secondary N) is 1. The Bertz CT molecular complexity index is 551. The molecule has 1 saturated heterocycles. The van der Waals surface area contributed by atoms with Gasteiger partial charge >= 0.3 is 6.09 Å². The van der Waals surface area contributed by atoms with Crippen LogP contribution >= 0.6 is 0 Å². The maximum atomic E-state index is 12.1. The Balaban J connectivity index is 1.86. The second kappa shape index (κ2) is 6.23. The highest BCUT2D eigenvalue weighted by Gasteiger charge is 2.23. The van der Waals surface area contributed by atoms with E-state index in [1.165, 1.54) is 4.90 Å². The molecule has 0 aliphatic carbocycles. The van der Waals surface area contributed by atoms with Crippen molar-refractivity contribution in [3.8, 4) is 0 Å². The van der Waals surface area contributed by atoms with Crippen LogP contribution in [-0.2, 0) is 9.84 Å². The maximum Gasteiger partial charge on any atom is 0.407 e. The lowest BCUT2D eigenvalue weighted by Gasteiger charge is -2.30. The number of carbonyl (C=O) groups is 1. The van der Waals surface area contributed by atoms with Crippen LogP contribution in [0.1, 0.15) is 12.8 Å². The Labute approximate surface area is 118 Å². The van der Waals surface area contributed by atoms with Crippen molar-refractivity contribution < 1.29 is 18.3 Å². The lowest BCUT2D eigenvalue weighted by molar-refractivity contribution is 0.129. The Hall–Kier alpha value is -1.60. The number of rotatable bonds is 4. The number of amides is 1. The number of carboxylic acid groups (broad SMARTS) is 1. The van der Waals surface area contributed by atoms with Crippen LogP contribution in [0.3, 0.4) is 0 Å². The SMILES string of the molecule is O=C(O)N1CCC(NCS(=O)(=O)c2ccccc2)CC1. The van der Waals surface area contributed by atoms with Crippen molar-refractivity contribution in [3.63, 3.8) is 0 Å². The lowest BCUT2D eigenvalue weighted by Crippen LogP contribution is -2.45. The fourth-order valence-electron chi connectivity index (χ4n) is 2.21. The topological polar surface area (TPSA) is 86.7 Å². The van der Waals surface area contributed by atoms with E-state index in [0.717, 1.165) is 0 Å². The molecule has 0 aromatic heterocycles. The first kappa shape index (κ1) is 14.8. The zero-order valence-corrected chi connectivity index (χ0v) is 11.8. The van der Waals surface area contributed by atoms with Crippen LogP contribution in [0.4, 0.5) is 4.79 Å². The van der Waals surface area contributed by atoms with Crippen molar-refractivity contribution in [1.29, 1.82) is 0 Å². The Morgan fingerprint density at radius 2 is 1.85 bits per heavy atom. The number of benzene rings is 1. The summed E-state index contributed by atoms with van der Waals surface area (Å²) in [6.45, 7) is 0.886. The second-order valence-corrected chi connectivity index (χ2v) is 6.81. The molecule has 0 bridgehead atoms. The number of piperidine rings is 1. The van der Waals surface area contributed by atoms with Crippen molar-refractivity contribution in [2.45, 2.75) is 23.8 Å². The van der Waals surface area contributed by atoms with Crippen molar-refractivity contribution in [2.75, 3.05) is 19.0 Å². The van der Waals surface area contributed by atoms with Crippen molar-refractivity contribution in [1.82, 2.24) is 10.2 Å². The molecular weight excluding hydrogens is 280 g/mol. The predicted octanol–water partition coefficient (Wildman–Crippen LogP) is 1.15. The van der Waals surface area contributed by atoms with Gasteiger partial charge in [-0.1, -0.05) is 18.2 Å². The first-order chi connectivity index (χ1) is 9.49. The Morgan fingerprint density at radius 1 is 1.25 bits per heavy atom. The summed E-state index contributed by atoms with van der Waals surface area (Å²) in [6, 6.07) is 8.35. The third-order valence-electron chi connectivity index (χ3n) is 3.43. The van der Waals surface area contributed by atoms with Gasteiger partial charge in [-0.25, -0.2) is 13.2 Å². The van der Waals surface area contributed by atoms with Crippen molar-refractivity contribution >= 4 is 15.9 Å². The molecule has 6 nitrogen and oxygen atoms in total. The molecule has 0 unspecified atom stereocenters. The molecule has 0 radical (unpaired) electrons. The van der Waals surface area contributed by atoms with Gasteiger partial charge in [0.1, 0.15) is 5.88 Å². The highest BCUT2D eigenvalue weighted by atomic mass is 32.2. The fourth-order valence-corrected chi connectivity index (χ4v) is 3.41. The maximum absolute atomic E-state index is 12.1. The molecule has 7 heteroatoms. The molecule has 2 N–H and O–H groups in total. The third kappa shape index (κ3) is 3.71. The average molecular weight is 298 g/mol. The molecule has 20 heavy (non-hydrogen) atoms. The molecule has 1 aromatic carbocycles. The van der Waals surface area contributed by atoms with Gasteiger partial charge in [0.05, 0.1) is 4.90 Å². The zero-order valence-electron chi connectivity index (χ0n) is 11.0. The highest BCUT2D eigenvalue weighted by molar-refractivity contribution is 7.91. The Kier molecular flexibility index (Phi) is 4.61. The third-order valence-corrected chi connectivity index (χ3v) is 4.97. The normalized spacial score (nSPS) is 17.1. The van der Waals surface area contributed by atoms with Gasteiger partial charge in [-0.2, -0.15) is 0 Å². The van der Waals surface area contributed by atoms with E-state index in [1.54, 1.807) is 30.3 Å². The van der Waals surface area contributed by atoms with Gasteiger partial charge in [-0.15, -0.1) is 0 Å². The Morgan fingerprint density at radius 3 is 2.40 bits per heavy atom. The molecule has 1 amide bonds. The summed E-state index contributed by atoms with van der Waals surface area (Å²) >= 11 is 0. The summed E-state index contributed by atoms with van der Waals surface area (Å²) in [5, 5.41) is 11.9. The van der Waals surface area contributed by atoms with Gasteiger partial charge in [-0.3, -0.25) is 0 Å². The van der Waals surface area contributed by atoms with Gasteiger partial charge in [0.25, 0.3) is 0 Å². The largest absolute Gasteiger partial charge is 0.465 e.